The van der Waals surface area contributed by atoms with Crippen LogP contribution in [0.5, 0.6) is 5.75 Å². The standard InChI is InChI=1S/C23H28O11/c1-23(2,34-22-19(28)18(27)17(26)15(9-24)33-22)16(25)7-10-6-12-14(32-21(10)29)8-13-11(4-5-31-13)20(12)30-3/h4-6,8,15-19,22,24-28H,7,9H2,1-3H3/t15-,16?,17-,18+,19-,22+/m1/s1. The first kappa shape index (κ1) is 24.6. The van der Waals surface area contributed by atoms with E-state index in [2.05, 4.69) is 0 Å². The van der Waals surface area contributed by atoms with Crippen molar-refractivity contribution < 1.29 is 48.6 Å². The molecule has 1 aromatic carbocycles. The number of aliphatic hydroxyl groups is 5. The maximum Gasteiger partial charge on any atom is 0.339 e. The molecule has 4 rings (SSSR count). The van der Waals surface area contributed by atoms with E-state index in [0.29, 0.717) is 22.1 Å². The van der Waals surface area contributed by atoms with Gasteiger partial charge < -0.3 is 48.6 Å². The Labute approximate surface area is 193 Å². The Kier molecular flexibility index (Phi) is 6.71. The van der Waals surface area contributed by atoms with Crippen LogP contribution in [0.15, 0.2) is 38.1 Å². The minimum absolute atomic E-state index is 0.159. The molecule has 34 heavy (non-hydrogen) atoms. The van der Waals surface area contributed by atoms with E-state index in [4.69, 9.17) is 23.0 Å². The first-order valence-corrected chi connectivity index (χ1v) is 10.7. The molecule has 0 amide bonds. The van der Waals surface area contributed by atoms with E-state index < -0.39 is 54.6 Å². The van der Waals surface area contributed by atoms with Gasteiger partial charge in [0.05, 0.1) is 42.5 Å². The molecule has 11 heteroatoms. The van der Waals surface area contributed by atoms with Gasteiger partial charge in [-0.2, -0.15) is 0 Å². The molecule has 2 aromatic heterocycles. The number of fused-ring (bicyclic) bond motifs is 2. The van der Waals surface area contributed by atoms with Crippen LogP contribution < -0.4 is 10.4 Å². The summed E-state index contributed by atoms with van der Waals surface area (Å²) < 4.78 is 27.4. The average Bonchev–Trinajstić information content (AvgIpc) is 3.26. The largest absolute Gasteiger partial charge is 0.495 e. The lowest BCUT2D eigenvalue weighted by molar-refractivity contribution is -0.331. The van der Waals surface area contributed by atoms with Crippen molar-refractivity contribution in [3.8, 4) is 5.75 Å². The fourth-order valence-corrected chi connectivity index (χ4v) is 4.05. The Balaban J connectivity index is 1.59. The lowest BCUT2D eigenvalue weighted by atomic mass is 9.94. The van der Waals surface area contributed by atoms with Crippen LogP contribution in [0.4, 0.5) is 0 Å². The van der Waals surface area contributed by atoms with Crippen LogP contribution in [-0.2, 0) is 15.9 Å². The number of hydrogen-bond acceptors (Lipinski definition) is 11. The molecular formula is C23H28O11. The fourth-order valence-electron chi connectivity index (χ4n) is 4.05. The summed E-state index contributed by atoms with van der Waals surface area (Å²) in [5.74, 6) is 0.456. The van der Waals surface area contributed by atoms with Gasteiger partial charge >= 0.3 is 5.63 Å². The van der Waals surface area contributed by atoms with Crippen LogP contribution in [0.2, 0.25) is 0 Å². The molecule has 1 aliphatic heterocycles. The summed E-state index contributed by atoms with van der Waals surface area (Å²) in [6, 6.07) is 4.88. The molecule has 1 aliphatic rings. The van der Waals surface area contributed by atoms with E-state index in [0.717, 1.165) is 0 Å². The molecule has 11 nitrogen and oxygen atoms in total. The first-order chi connectivity index (χ1) is 16.1. The Morgan fingerprint density at radius 2 is 1.82 bits per heavy atom. The number of hydrogen-bond donors (Lipinski definition) is 5. The van der Waals surface area contributed by atoms with Crippen molar-refractivity contribution in [2.24, 2.45) is 0 Å². The molecular weight excluding hydrogens is 452 g/mol. The van der Waals surface area contributed by atoms with Crippen LogP contribution in [-0.4, -0.2) is 81.7 Å². The topological polar surface area (TPSA) is 172 Å². The molecule has 6 atom stereocenters. The van der Waals surface area contributed by atoms with Crippen molar-refractivity contribution in [2.75, 3.05) is 13.7 Å². The highest BCUT2D eigenvalue weighted by molar-refractivity contribution is 6.01. The predicted octanol–water partition coefficient (Wildman–Crippen LogP) is 0.0463. The van der Waals surface area contributed by atoms with Gasteiger partial charge in [0, 0.05) is 18.1 Å². The Morgan fingerprint density at radius 1 is 1.09 bits per heavy atom. The van der Waals surface area contributed by atoms with Gasteiger partial charge in [-0.1, -0.05) is 0 Å². The van der Waals surface area contributed by atoms with Crippen molar-refractivity contribution in [3.05, 3.63) is 40.4 Å². The molecule has 5 N–H and O–H groups in total. The fraction of sp³-hybridized carbons (Fsp3) is 0.522. The van der Waals surface area contributed by atoms with Crippen molar-refractivity contribution in [3.63, 3.8) is 0 Å². The number of benzene rings is 1. The normalized spacial score (nSPS) is 26.8. The molecule has 186 valence electrons. The molecule has 0 spiro atoms. The Hall–Kier alpha value is -2.51. The number of ether oxygens (including phenoxy) is 3. The second-order valence-corrected chi connectivity index (χ2v) is 8.85. The molecule has 1 unspecified atom stereocenters. The third-order valence-electron chi connectivity index (χ3n) is 6.18. The number of aliphatic hydroxyl groups excluding tert-OH is 5. The minimum atomic E-state index is -1.63. The minimum Gasteiger partial charge on any atom is -0.495 e. The summed E-state index contributed by atoms with van der Waals surface area (Å²) in [6.07, 6.45) is -7.34. The molecule has 0 aliphatic carbocycles. The van der Waals surface area contributed by atoms with Crippen molar-refractivity contribution in [2.45, 2.75) is 62.7 Å². The lowest BCUT2D eigenvalue weighted by Crippen LogP contribution is -2.61. The Bertz CT molecular complexity index is 1210. The highest BCUT2D eigenvalue weighted by Crippen LogP contribution is 2.35. The first-order valence-electron chi connectivity index (χ1n) is 10.7. The quantitative estimate of drug-likeness (QED) is 0.289. The summed E-state index contributed by atoms with van der Waals surface area (Å²) in [6.45, 7) is 2.41. The van der Waals surface area contributed by atoms with Crippen molar-refractivity contribution in [1.29, 1.82) is 0 Å². The second kappa shape index (κ2) is 9.27. The number of methoxy groups -OCH3 is 1. The van der Waals surface area contributed by atoms with Gasteiger partial charge in [-0.05, 0) is 26.0 Å². The van der Waals surface area contributed by atoms with Gasteiger partial charge in [0.1, 0.15) is 41.3 Å². The van der Waals surface area contributed by atoms with Gasteiger partial charge in [0.2, 0.25) is 0 Å². The second-order valence-electron chi connectivity index (χ2n) is 8.85. The van der Waals surface area contributed by atoms with Gasteiger partial charge in [0.25, 0.3) is 0 Å². The van der Waals surface area contributed by atoms with Crippen LogP contribution in [0.3, 0.4) is 0 Å². The van der Waals surface area contributed by atoms with Gasteiger partial charge in [-0.15, -0.1) is 0 Å². The monoisotopic (exact) mass is 480 g/mol. The number of furan rings is 1. The van der Waals surface area contributed by atoms with Gasteiger partial charge in [-0.3, -0.25) is 0 Å². The molecule has 0 radical (unpaired) electrons. The molecule has 0 saturated carbocycles. The van der Waals surface area contributed by atoms with Crippen LogP contribution in [0.1, 0.15) is 19.4 Å². The molecule has 1 fully saturated rings. The summed E-state index contributed by atoms with van der Waals surface area (Å²) in [5, 5.41) is 51.6. The van der Waals surface area contributed by atoms with E-state index >= 15 is 0 Å². The van der Waals surface area contributed by atoms with E-state index in [1.54, 1.807) is 18.2 Å². The smallest absolute Gasteiger partial charge is 0.339 e. The summed E-state index contributed by atoms with van der Waals surface area (Å²) in [4.78, 5) is 12.6. The summed E-state index contributed by atoms with van der Waals surface area (Å²) >= 11 is 0. The highest BCUT2D eigenvalue weighted by atomic mass is 16.7. The molecule has 3 aromatic rings. The SMILES string of the molecule is COc1c2ccoc2cc2oc(=O)c(CC(O)C(C)(C)O[C@@H]3O[C@H](CO)[C@@H](O)[C@H](O)[C@H]3O)cc12. The Morgan fingerprint density at radius 3 is 2.50 bits per heavy atom. The lowest BCUT2D eigenvalue weighted by Gasteiger charge is -2.43. The summed E-state index contributed by atoms with van der Waals surface area (Å²) in [7, 11) is 1.48. The van der Waals surface area contributed by atoms with Crippen molar-refractivity contribution >= 4 is 21.9 Å². The molecule has 3 heterocycles. The van der Waals surface area contributed by atoms with Gasteiger partial charge in [-0.25, -0.2) is 4.79 Å². The molecule has 0 bridgehead atoms. The third-order valence-corrected chi connectivity index (χ3v) is 6.18. The average molecular weight is 480 g/mol. The van der Waals surface area contributed by atoms with Crippen LogP contribution >= 0.6 is 0 Å². The maximum absolute atomic E-state index is 12.6. The maximum atomic E-state index is 12.6. The van der Waals surface area contributed by atoms with E-state index in [-0.39, 0.29) is 17.6 Å². The van der Waals surface area contributed by atoms with E-state index in [1.165, 1.54) is 27.2 Å². The van der Waals surface area contributed by atoms with Crippen LogP contribution in [0.25, 0.3) is 21.9 Å². The summed E-state index contributed by atoms with van der Waals surface area (Å²) in [5.41, 5.74) is -1.13. The van der Waals surface area contributed by atoms with Gasteiger partial charge in [0.15, 0.2) is 6.29 Å². The molecule has 1 saturated heterocycles. The van der Waals surface area contributed by atoms with E-state index in [1.807, 2.05) is 0 Å². The predicted molar refractivity (Wildman–Crippen MR) is 117 cm³/mol. The van der Waals surface area contributed by atoms with Crippen LogP contribution in [0, 0.1) is 0 Å². The highest BCUT2D eigenvalue weighted by Gasteiger charge is 2.46. The zero-order valence-electron chi connectivity index (χ0n) is 18.9. The van der Waals surface area contributed by atoms with E-state index in [9.17, 15) is 30.3 Å². The van der Waals surface area contributed by atoms with Crippen molar-refractivity contribution in [1.82, 2.24) is 0 Å². The third kappa shape index (κ3) is 4.31. The zero-order chi connectivity index (χ0) is 24.8. The number of rotatable bonds is 7. The zero-order valence-corrected chi connectivity index (χ0v) is 18.9.